The number of nitrogens with zero attached hydrogens (tertiary/aromatic N) is 6. The number of morpholine rings is 1. The minimum atomic E-state index is 0. The van der Waals surface area contributed by atoms with Crippen molar-refractivity contribution in [1.29, 1.82) is 0 Å². The number of rotatable bonds is 5. The highest BCUT2D eigenvalue weighted by molar-refractivity contribution is 14.0. The van der Waals surface area contributed by atoms with Gasteiger partial charge in [0.05, 0.1) is 36.7 Å². The van der Waals surface area contributed by atoms with Crippen LogP contribution in [0.25, 0.3) is 11.0 Å². The molecule has 0 spiro atoms. The molecule has 1 fully saturated rings. The van der Waals surface area contributed by atoms with Crippen LogP contribution in [0, 0.1) is 0 Å². The first kappa shape index (κ1) is 24.2. The molecule has 8 nitrogen and oxygen atoms in total. The molecule has 0 bridgehead atoms. The number of hydrogen-bond acceptors (Lipinski definition) is 4. The van der Waals surface area contributed by atoms with Gasteiger partial charge in [0.1, 0.15) is 6.10 Å². The van der Waals surface area contributed by atoms with Gasteiger partial charge >= 0.3 is 0 Å². The van der Waals surface area contributed by atoms with E-state index < -0.39 is 0 Å². The molecule has 2 aromatic carbocycles. The van der Waals surface area contributed by atoms with Gasteiger partial charge in [0.25, 0.3) is 0 Å². The summed E-state index contributed by atoms with van der Waals surface area (Å²) in [7, 11) is 3.75. The number of guanidine groups is 1. The van der Waals surface area contributed by atoms with Gasteiger partial charge in [0.2, 0.25) is 0 Å². The van der Waals surface area contributed by atoms with Crippen LogP contribution < -0.4 is 5.32 Å². The van der Waals surface area contributed by atoms with E-state index in [1.54, 1.807) is 0 Å². The molecule has 1 aliphatic rings. The second-order valence-electron chi connectivity index (χ2n) is 8.33. The molecule has 9 heteroatoms. The van der Waals surface area contributed by atoms with Crippen LogP contribution in [0.5, 0.6) is 0 Å². The number of hydrogen-bond donors (Lipinski definition) is 1. The molecule has 0 saturated carbocycles. The van der Waals surface area contributed by atoms with Crippen LogP contribution in [-0.2, 0) is 24.9 Å². The lowest BCUT2D eigenvalue weighted by atomic mass is 10.1. The minimum absolute atomic E-state index is 0. The maximum atomic E-state index is 5.96. The van der Waals surface area contributed by atoms with Crippen molar-refractivity contribution in [3.05, 3.63) is 83.9 Å². The Hall–Kier alpha value is -2.92. The number of benzene rings is 2. The summed E-state index contributed by atoms with van der Waals surface area (Å²) >= 11 is 0. The molecule has 1 aliphatic heterocycles. The van der Waals surface area contributed by atoms with Crippen molar-refractivity contribution < 1.29 is 4.74 Å². The standard InChI is InChI=1S/C25H29N7O.HI/c1-26-25(31-11-12-33-24(17-31)21-14-29-30(2)16-21)27-13-19-7-9-20(10-8-19)15-32-18-28-22-5-3-4-6-23(22)32;/h3-10,14,16,18,24H,11-13,15,17H2,1-2H3,(H,26,27);1H. The van der Waals surface area contributed by atoms with E-state index in [0.717, 1.165) is 48.7 Å². The van der Waals surface area contributed by atoms with E-state index >= 15 is 0 Å². The van der Waals surface area contributed by atoms with Crippen molar-refractivity contribution in [2.75, 3.05) is 26.7 Å². The summed E-state index contributed by atoms with van der Waals surface area (Å²) in [6.07, 6.45) is 5.80. The van der Waals surface area contributed by atoms with Gasteiger partial charge in [-0.2, -0.15) is 5.10 Å². The first-order chi connectivity index (χ1) is 16.2. The third-order valence-corrected chi connectivity index (χ3v) is 6.03. The zero-order valence-electron chi connectivity index (χ0n) is 19.5. The fourth-order valence-corrected chi connectivity index (χ4v) is 4.26. The van der Waals surface area contributed by atoms with E-state index in [2.05, 4.69) is 66.3 Å². The normalized spacial score (nSPS) is 16.5. The number of nitrogens with one attached hydrogen (secondary N) is 1. The summed E-state index contributed by atoms with van der Waals surface area (Å²) in [6, 6.07) is 16.9. The fraction of sp³-hybridized carbons (Fsp3) is 0.320. The van der Waals surface area contributed by atoms with Crippen molar-refractivity contribution in [2.24, 2.45) is 12.0 Å². The van der Waals surface area contributed by atoms with Crippen LogP contribution >= 0.6 is 24.0 Å². The Kier molecular flexibility index (Phi) is 7.84. The third-order valence-electron chi connectivity index (χ3n) is 6.03. The second-order valence-corrected chi connectivity index (χ2v) is 8.33. The molecule has 1 saturated heterocycles. The number of aromatic nitrogens is 4. The number of para-hydroxylation sites is 2. The van der Waals surface area contributed by atoms with Gasteiger partial charge in [-0.3, -0.25) is 9.67 Å². The summed E-state index contributed by atoms with van der Waals surface area (Å²) in [4.78, 5) is 11.2. The van der Waals surface area contributed by atoms with E-state index in [-0.39, 0.29) is 30.1 Å². The molecule has 1 N–H and O–H groups in total. The molecule has 1 atom stereocenters. The lowest BCUT2D eigenvalue weighted by Crippen LogP contribution is -2.47. The number of imidazole rings is 1. The highest BCUT2D eigenvalue weighted by Gasteiger charge is 2.25. The Morgan fingerprint density at radius 2 is 1.94 bits per heavy atom. The molecule has 3 heterocycles. The van der Waals surface area contributed by atoms with Gasteiger partial charge in [-0.05, 0) is 23.3 Å². The van der Waals surface area contributed by atoms with Crippen LogP contribution in [0.3, 0.4) is 0 Å². The number of aryl methyl sites for hydroxylation is 1. The molecule has 0 radical (unpaired) electrons. The first-order valence-corrected chi connectivity index (χ1v) is 11.2. The zero-order valence-corrected chi connectivity index (χ0v) is 21.8. The molecule has 1 unspecified atom stereocenters. The topological polar surface area (TPSA) is 72.5 Å². The van der Waals surface area contributed by atoms with E-state index in [1.165, 1.54) is 11.1 Å². The molecular formula is C25H30IN7O. The first-order valence-electron chi connectivity index (χ1n) is 11.2. The molecule has 5 rings (SSSR count). The van der Waals surface area contributed by atoms with Crippen molar-refractivity contribution >= 4 is 41.0 Å². The Morgan fingerprint density at radius 1 is 1.15 bits per heavy atom. The predicted molar refractivity (Wildman–Crippen MR) is 144 cm³/mol. The molecule has 4 aromatic rings. The Labute approximate surface area is 216 Å². The highest BCUT2D eigenvalue weighted by atomic mass is 127. The summed E-state index contributed by atoms with van der Waals surface area (Å²) in [5.74, 6) is 0.890. The van der Waals surface area contributed by atoms with Gasteiger partial charge < -0.3 is 19.5 Å². The summed E-state index contributed by atoms with van der Waals surface area (Å²) in [5, 5.41) is 7.78. The Balaban J connectivity index is 0.00000274. The summed E-state index contributed by atoms with van der Waals surface area (Å²) in [6.45, 7) is 3.75. The summed E-state index contributed by atoms with van der Waals surface area (Å²) in [5.41, 5.74) is 5.74. The third kappa shape index (κ3) is 5.41. The molecule has 178 valence electrons. The van der Waals surface area contributed by atoms with E-state index in [0.29, 0.717) is 6.61 Å². The van der Waals surface area contributed by atoms with Crippen LogP contribution in [0.15, 0.2) is 72.2 Å². The van der Waals surface area contributed by atoms with Crippen LogP contribution in [0.1, 0.15) is 22.8 Å². The Bertz CT molecular complexity index is 1250. The quantitative estimate of drug-likeness (QED) is 0.225. The summed E-state index contributed by atoms with van der Waals surface area (Å²) < 4.78 is 9.95. The van der Waals surface area contributed by atoms with E-state index in [4.69, 9.17) is 4.74 Å². The molecule has 34 heavy (non-hydrogen) atoms. The minimum Gasteiger partial charge on any atom is -0.370 e. The van der Waals surface area contributed by atoms with E-state index in [1.807, 2.05) is 49.6 Å². The number of halogens is 1. The lowest BCUT2D eigenvalue weighted by molar-refractivity contribution is -0.00805. The van der Waals surface area contributed by atoms with Gasteiger partial charge in [0.15, 0.2) is 5.96 Å². The smallest absolute Gasteiger partial charge is 0.194 e. The van der Waals surface area contributed by atoms with Crippen LogP contribution in [-0.4, -0.2) is 56.9 Å². The van der Waals surface area contributed by atoms with Crippen LogP contribution in [0.2, 0.25) is 0 Å². The largest absolute Gasteiger partial charge is 0.370 e. The number of ether oxygens (including phenoxy) is 1. The van der Waals surface area contributed by atoms with E-state index in [9.17, 15) is 0 Å². The van der Waals surface area contributed by atoms with Crippen molar-refractivity contribution in [3.63, 3.8) is 0 Å². The monoisotopic (exact) mass is 571 g/mol. The van der Waals surface area contributed by atoms with Gasteiger partial charge in [-0.15, -0.1) is 24.0 Å². The van der Waals surface area contributed by atoms with Gasteiger partial charge in [0, 0.05) is 45.5 Å². The SMILES string of the molecule is CN=C(NCc1ccc(Cn2cnc3ccccc32)cc1)N1CCOC(c2cnn(C)c2)C1.I. The van der Waals surface area contributed by atoms with Crippen molar-refractivity contribution in [1.82, 2.24) is 29.5 Å². The van der Waals surface area contributed by atoms with Gasteiger partial charge in [-0.1, -0.05) is 36.4 Å². The zero-order chi connectivity index (χ0) is 22.6. The lowest BCUT2D eigenvalue weighted by Gasteiger charge is -2.34. The fourth-order valence-electron chi connectivity index (χ4n) is 4.26. The molecule has 2 aromatic heterocycles. The average Bonchev–Trinajstić information content (AvgIpc) is 3.47. The Morgan fingerprint density at radius 3 is 2.71 bits per heavy atom. The average molecular weight is 571 g/mol. The maximum Gasteiger partial charge on any atom is 0.194 e. The molecule has 0 amide bonds. The van der Waals surface area contributed by atoms with Crippen molar-refractivity contribution in [2.45, 2.75) is 19.2 Å². The maximum absolute atomic E-state index is 5.96. The van der Waals surface area contributed by atoms with Crippen molar-refractivity contribution in [3.8, 4) is 0 Å². The number of fused-ring (bicyclic) bond motifs is 1. The molecule has 0 aliphatic carbocycles. The second kappa shape index (κ2) is 11.0. The predicted octanol–water partition coefficient (Wildman–Crippen LogP) is 3.59. The van der Waals surface area contributed by atoms with Gasteiger partial charge in [-0.25, -0.2) is 4.98 Å². The highest BCUT2D eigenvalue weighted by Crippen LogP contribution is 2.21. The molecular weight excluding hydrogens is 541 g/mol. The van der Waals surface area contributed by atoms with Crippen LogP contribution in [0.4, 0.5) is 0 Å². The number of aliphatic imine (C=N–C) groups is 1.